The van der Waals surface area contributed by atoms with Gasteiger partial charge in [-0.2, -0.15) is 0 Å². The first-order valence-electron chi connectivity index (χ1n) is 8.47. The number of halogens is 2. The van der Waals surface area contributed by atoms with Gasteiger partial charge >= 0.3 is 0 Å². The van der Waals surface area contributed by atoms with Gasteiger partial charge in [-0.05, 0) is 19.1 Å². The number of amides is 1. The lowest BCUT2D eigenvalue weighted by Crippen LogP contribution is -2.54. The molecule has 0 unspecified atom stereocenters. The summed E-state index contributed by atoms with van der Waals surface area (Å²) < 4.78 is 18.9. The Morgan fingerprint density at radius 1 is 1.35 bits per heavy atom. The number of piperazine rings is 1. The fourth-order valence-electron chi connectivity index (χ4n) is 2.96. The van der Waals surface area contributed by atoms with Crippen LogP contribution in [0.4, 0.5) is 10.2 Å². The second-order valence-electron chi connectivity index (χ2n) is 6.13. The van der Waals surface area contributed by atoms with Gasteiger partial charge in [-0.15, -0.1) is 0 Å². The van der Waals surface area contributed by atoms with Gasteiger partial charge in [0, 0.05) is 44.2 Å². The zero-order chi connectivity index (χ0) is 18.7. The molecule has 138 valence electrons. The highest BCUT2D eigenvalue weighted by Gasteiger charge is 2.27. The summed E-state index contributed by atoms with van der Waals surface area (Å²) in [5.41, 5.74) is 0. The molecule has 8 heteroatoms. The van der Waals surface area contributed by atoms with Crippen molar-refractivity contribution in [3.63, 3.8) is 0 Å². The SMILES string of the molecule is CCC(=O)N1CCN(c2cc(Oc3ccc(F)c(Cl)c3)ncn2)C[C@@H]1C. The Labute approximate surface area is 156 Å². The number of hydrogen-bond acceptors (Lipinski definition) is 5. The lowest BCUT2D eigenvalue weighted by Gasteiger charge is -2.40. The summed E-state index contributed by atoms with van der Waals surface area (Å²) >= 11 is 5.77. The fraction of sp³-hybridized carbons (Fsp3) is 0.389. The van der Waals surface area contributed by atoms with E-state index in [1.54, 1.807) is 6.07 Å². The topological polar surface area (TPSA) is 58.6 Å². The van der Waals surface area contributed by atoms with Crippen LogP contribution in [0, 0.1) is 5.82 Å². The van der Waals surface area contributed by atoms with Gasteiger partial charge in [-0.1, -0.05) is 18.5 Å². The van der Waals surface area contributed by atoms with E-state index in [2.05, 4.69) is 14.9 Å². The molecule has 26 heavy (non-hydrogen) atoms. The summed E-state index contributed by atoms with van der Waals surface area (Å²) in [6, 6.07) is 5.95. The Morgan fingerprint density at radius 3 is 2.85 bits per heavy atom. The van der Waals surface area contributed by atoms with E-state index in [4.69, 9.17) is 16.3 Å². The molecule has 0 bridgehead atoms. The Balaban J connectivity index is 1.71. The van der Waals surface area contributed by atoms with E-state index < -0.39 is 5.82 Å². The van der Waals surface area contributed by atoms with Crippen LogP contribution in [0.25, 0.3) is 0 Å². The summed E-state index contributed by atoms with van der Waals surface area (Å²) in [6.07, 6.45) is 1.93. The van der Waals surface area contributed by atoms with Crippen LogP contribution in [0.2, 0.25) is 5.02 Å². The number of ether oxygens (including phenoxy) is 1. The van der Waals surface area contributed by atoms with Crippen molar-refractivity contribution in [1.29, 1.82) is 0 Å². The number of nitrogens with zero attached hydrogens (tertiary/aromatic N) is 4. The van der Waals surface area contributed by atoms with Crippen LogP contribution in [0.15, 0.2) is 30.6 Å². The van der Waals surface area contributed by atoms with Crippen LogP contribution in [0.5, 0.6) is 11.6 Å². The van der Waals surface area contributed by atoms with E-state index >= 15 is 0 Å². The number of carbonyl (C=O) groups excluding carboxylic acids is 1. The third-order valence-electron chi connectivity index (χ3n) is 4.32. The van der Waals surface area contributed by atoms with Crippen LogP contribution in [0.1, 0.15) is 20.3 Å². The number of rotatable bonds is 4. The quantitative estimate of drug-likeness (QED) is 0.814. The molecule has 1 amide bonds. The van der Waals surface area contributed by atoms with Crippen LogP contribution < -0.4 is 9.64 Å². The average molecular weight is 379 g/mol. The van der Waals surface area contributed by atoms with Crippen LogP contribution >= 0.6 is 11.6 Å². The molecule has 1 aliphatic heterocycles. The number of carbonyl (C=O) groups is 1. The fourth-order valence-corrected chi connectivity index (χ4v) is 3.13. The maximum atomic E-state index is 13.2. The predicted molar refractivity (Wildman–Crippen MR) is 97.2 cm³/mol. The Hall–Kier alpha value is -2.41. The molecule has 0 saturated carbocycles. The van der Waals surface area contributed by atoms with Gasteiger partial charge in [0.1, 0.15) is 23.7 Å². The highest BCUT2D eigenvalue weighted by atomic mass is 35.5. The Bertz CT molecular complexity index is 805. The summed E-state index contributed by atoms with van der Waals surface area (Å²) in [5.74, 6) is 1.12. The molecule has 1 fully saturated rings. The maximum Gasteiger partial charge on any atom is 0.224 e. The molecule has 1 aromatic carbocycles. The van der Waals surface area contributed by atoms with Gasteiger partial charge in [0.05, 0.1) is 5.02 Å². The van der Waals surface area contributed by atoms with Gasteiger partial charge in [0.25, 0.3) is 0 Å². The third kappa shape index (κ3) is 4.04. The lowest BCUT2D eigenvalue weighted by molar-refractivity contribution is -0.133. The summed E-state index contributed by atoms with van der Waals surface area (Å²) in [5, 5.41) is -0.0117. The first-order chi connectivity index (χ1) is 12.5. The molecule has 0 radical (unpaired) electrons. The smallest absolute Gasteiger partial charge is 0.224 e. The minimum Gasteiger partial charge on any atom is -0.439 e. The van der Waals surface area contributed by atoms with Crippen molar-refractivity contribution in [1.82, 2.24) is 14.9 Å². The first-order valence-corrected chi connectivity index (χ1v) is 8.85. The molecule has 1 aliphatic rings. The number of anilines is 1. The van der Waals surface area contributed by atoms with E-state index in [1.165, 1.54) is 24.5 Å². The molecule has 1 atom stereocenters. The van der Waals surface area contributed by atoms with Crippen LogP contribution in [-0.2, 0) is 4.79 Å². The van der Waals surface area contributed by atoms with E-state index in [-0.39, 0.29) is 17.0 Å². The minimum atomic E-state index is -0.504. The highest BCUT2D eigenvalue weighted by Crippen LogP contribution is 2.27. The molecular weight excluding hydrogens is 359 g/mol. The van der Waals surface area contributed by atoms with Crippen molar-refractivity contribution in [3.8, 4) is 11.6 Å². The Kier molecular flexibility index (Phi) is 5.56. The number of benzene rings is 1. The van der Waals surface area contributed by atoms with Crippen molar-refractivity contribution < 1.29 is 13.9 Å². The van der Waals surface area contributed by atoms with Gasteiger partial charge in [-0.3, -0.25) is 4.79 Å². The van der Waals surface area contributed by atoms with Crippen molar-refractivity contribution in [2.75, 3.05) is 24.5 Å². The Morgan fingerprint density at radius 2 is 2.15 bits per heavy atom. The van der Waals surface area contributed by atoms with E-state index in [0.717, 1.165) is 5.82 Å². The van der Waals surface area contributed by atoms with E-state index in [0.29, 0.717) is 37.7 Å². The summed E-state index contributed by atoms with van der Waals surface area (Å²) in [6.45, 7) is 5.93. The summed E-state index contributed by atoms with van der Waals surface area (Å²) in [4.78, 5) is 24.3. The molecule has 0 N–H and O–H groups in total. The molecule has 2 aromatic rings. The second-order valence-corrected chi connectivity index (χ2v) is 6.54. The zero-order valence-corrected chi connectivity index (χ0v) is 15.4. The molecule has 1 aromatic heterocycles. The highest BCUT2D eigenvalue weighted by molar-refractivity contribution is 6.30. The van der Waals surface area contributed by atoms with Gasteiger partial charge in [0.2, 0.25) is 11.8 Å². The van der Waals surface area contributed by atoms with Crippen molar-refractivity contribution in [2.45, 2.75) is 26.3 Å². The minimum absolute atomic E-state index is 0.0117. The standard InChI is InChI=1S/C18H20ClFN4O2/c1-3-18(25)24-7-6-23(10-12(24)2)16-9-17(22-11-21-16)26-13-4-5-15(20)14(19)8-13/h4-5,8-9,11-12H,3,6-7,10H2,1-2H3/t12-/m0/s1. The van der Waals surface area contributed by atoms with Crippen molar-refractivity contribution >= 4 is 23.3 Å². The average Bonchev–Trinajstić information content (AvgIpc) is 2.64. The molecule has 1 saturated heterocycles. The second kappa shape index (κ2) is 7.86. The van der Waals surface area contributed by atoms with Crippen LogP contribution in [0.3, 0.4) is 0 Å². The molecule has 0 aliphatic carbocycles. The third-order valence-corrected chi connectivity index (χ3v) is 4.60. The van der Waals surface area contributed by atoms with Crippen molar-refractivity contribution in [2.24, 2.45) is 0 Å². The molecule has 3 rings (SSSR count). The number of aromatic nitrogens is 2. The van der Waals surface area contributed by atoms with E-state index in [1.807, 2.05) is 18.7 Å². The van der Waals surface area contributed by atoms with Gasteiger partial charge in [-0.25, -0.2) is 14.4 Å². The predicted octanol–water partition coefficient (Wildman–Crippen LogP) is 3.51. The van der Waals surface area contributed by atoms with Gasteiger partial charge in [0.15, 0.2) is 0 Å². The normalized spacial score (nSPS) is 17.3. The van der Waals surface area contributed by atoms with E-state index in [9.17, 15) is 9.18 Å². The zero-order valence-electron chi connectivity index (χ0n) is 14.7. The first kappa shape index (κ1) is 18.4. The van der Waals surface area contributed by atoms with Crippen LogP contribution in [-0.4, -0.2) is 46.5 Å². The molecular formula is C18H20ClFN4O2. The monoisotopic (exact) mass is 378 g/mol. The molecule has 0 spiro atoms. The molecule has 2 heterocycles. The molecule has 6 nitrogen and oxygen atoms in total. The summed E-state index contributed by atoms with van der Waals surface area (Å²) in [7, 11) is 0. The largest absolute Gasteiger partial charge is 0.439 e. The maximum absolute atomic E-state index is 13.2. The lowest BCUT2D eigenvalue weighted by atomic mass is 10.1. The van der Waals surface area contributed by atoms with Gasteiger partial charge < -0.3 is 14.5 Å². The van der Waals surface area contributed by atoms with Crippen molar-refractivity contribution in [3.05, 3.63) is 41.4 Å². The number of hydrogen-bond donors (Lipinski definition) is 0.